The van der Waals surface area contributed by atoms with E-state index in [0.29, 0.717) is 12.3 Å². The highest BCUT2D eigenvalue weighted by Crippen LogP contribution is 2.19. The normalized spacial score (nSPS) is 20.1. The summed E-state index contributed by atoms with van der Waals surface area (Å²) < 4.78 is 0. The number of amides is 1. The van der Waals surface area contributed by atoms with Crippen LogP contribution in [0.3, 0.4) is 0 Å². The third-order valence-corrected chi connectivity index (χ3v) is 4.37. The summed E-state index contributed by atoms with van der Waals surface area (Å²) in [5.74, 6) is 0.442. The lowest BCUT2D eigenvalue weighted by atomic mass is 10.0. The minimum atomic E-state index is -0.0151. The fourth-order valence-corrected chi connectivity index (χ4v) is 3.25. The standard InChI is InChI=1S/C12H17ClN2O2S/c13-6-9-8-18-11(14-9)5-12(17)15-4-2-1-3-10(15)7-16/h8,10,16H,1-7H2. The first-order valence-electron chi connectivity index (χ1n) is 6.14. The Morgan fingerprint density at radius 1 is 1.61 bits per heavy atom. The van der Waals surface area contributed by atoms with Crippen LogP contribution in [0.4, 0.5) is 0 Å². The van der Waals surface area contributed by atoms with Gasteiger partial charge in [-0.15, -0.1) is 22.9 Å². The molecule has 4 nitrogen and oxygen atoms in total. The zero-order chi connectivity index (χ0) is 13.0. The number of carbonyl (C=O) groups is 1. The topological polar surface area (TPSA) is 53.4 Å². The third-order valence-electron chi connectivity index (χ3n) is 3.20. The second kappa shape index (κ2) is 6.50. The van der Waals surface area contributed by atoms with Crippen LogP contribution in [-0.2, 0) is 17.1 Å². The number of alkyl halides is 1. The third kappa shape index (κ3) is 3.22. The zero-order valence-corrected chi connectivity index (χ0v) is 11.7. The van der Waals surface area contributed by atoms with E-state index in [1.807, 2.05) is 5.38 Å². The molecule has 1 aromatic rings. The molecule has 2 heterocycles. The van der Waals surface area contributed by atoms with Crippen LogP contribution in [0.2, 0.25) is 0 Å². The molecular weight excluding hydrogens is 272 g/mol. The lowest BCUT2D eigenvalue weighted by Crippen LogP contribution is -2.46. The first-order valence-corrected chi connectivity index (χ1v) is 7.55. The van der Waals surface area contributed by atoms with E-state index < -0.39 is 0 Å². The first-order chi connectivity index (χ1) is 8.74. The SMILES string of the molecule is O=C(Cc1nc(CCl)cs1)N1CCCCC1CO. The molecule has 1 aliphatic rings. The minimum Gasteiger partial charge on any atom is -0.394 e. The number of rotatable bonds is 4. The Morgan fingerprint density at radius 3 is 3.11 bits per heavy atom. The van der Waals surface area contributed by atoms with Crippen molar-refractivity contribution in [2.75, 3.05) is 13.2 Å². The Bertz CT molecular complexity index is 411. The predicted octanol–water partition coefficient (Wildman–Crippen LogP) is 1.80. The minimum absolute atomic E-state index is 0.0151. The summed E-state index contributed by atoms with van der Waals surface area (Å²) in [5, 5.41) is 12.0. The molecule has 1 N–H and O–H groups in total. The summed E-state index contributed by atoms with van der Waals surface area (Å²) in [6.45, 7) is 0.800. The Hall–Kier alpha value is -0.650. The molecule has 1 aromatic heterocycles. The van der Waals surface area contributed by atoms with E-state index in [-0.39, 0.29) is 18.6 Å². The molecule has 1 atom stereocenters. The second-order valence-corrected chi connectivity index (χ2v) is 5.67. The van der Waals surface area contributed by atoms with Crippen LogP contribution in [0.5, 0.6) is 0 Å². The molecule has 0 saturated carbocycles. The van der Waals surface area contributed by atoms with Crippen LogP contribution in [0.25, 0.3) is 0 Å². The van der Waals surface area contributed by atoms with E-state index in [1.165, 1.54) is 11.3 Å². The van der Waals surface area contributed by atoms with Crippen LogP contribution >= 0.6 is 22.9 Å². The highest BCUT2D eigenvalue weighted by atomic mass is 35.5. The van der Waals surface area contributed by atoms with Crippen molar-refractivity contribution >= 4 is 28.8 Å². The average Bonchev–Trinajstić information content (AvgIpc) is 2.86. The van der Waals surface area contributed by atoms with Gasteiger partial charge < -0.3 is 10.0 Å². The summed E-state index contributed by atoms with van der Waals surface area (Å²) in [6, 6.07) is -0.0151. The van der Waals surface area contributed by atoms with E-state index in [1.54, 1.807) is 4.90 Å². The van der Waals surface area contributed by atoms with Gasteiger partial charge in [0.05, 0.1) is 30.6 Å². The number of carbonyl (C=O) groups excluding carboxylic acids is 1. The van der Waals surface area contributed by atoms with Crippen molar-refractivity contribution in [3.05, 3.63) is 16.1 Å². The lowest BCUT2D eigenvalue weighted by Gasteiger charge is -2.34. The fourth-order valence-electron chi connectivity index (χ4n) is 2.24. The molecule has 2 rings (SSSR count). The number of aromatic nitrogens is 1. The van der Waals surface area contributed by atoms with Crippen LogP contribution in [0.1, 0.15) is 30.0 Å². The van der Waals surface area contributed by atoms with Gasteiger partial charge >= 0.3 is 0 Å². The van der Waals surface area contributed by atoms with Crippen LogP contribution < -0.4 is 0 Å². The lowest BCUT2D eigenvalue weighted by molar-refractivity contribution is -0.135. The number of aliphatic hydroxyl groups is 1. The highest BCUT2D eigenvalue weighted by Gasteiger charge is 2.26. The van der Waals surface area contributed by atoms with Gasteiger partial charge in [0.1, 0.15) is 5.01 Å². The predicted molar refractivity (Wildman–Crippen MR) is 71.8 cm³/mol. The maximum absolute atomic E-state index is 12.2. The molecule has 0 aromatic carbocycles. The molecule has 18 heavy (non-hydrogen) atoms. The van der Waals surface area contributed by atoms with Crippen molar-refractivity contribution in [3.8, 4) is 0 Å². The molecule has 0 radical (unpaired) electrons. The highest BCUT2D eigenvalue weighted by molar-refractivity contribution is 7.09. The number of thiazole rings is 1. The summed E-state index contributed by atoms with van der Waals surface area (Å²) in [5.41, 5.74) is 0.821. The van der Waals surface area contributed by atoms with Gasteiger partial charge in [0.15, 0.2) is 0 Å². The van der Waals surface area contributed by atoms with E-state index >= 15 is 0 Å². The number of aliphatic hydroxyl groups excluding tert-OH is 1. The molecule has 1 unspecified atom stereocenters. The summed E-state index contributed by atoms with van der Waals surface area (Å²) in [6.07, 6.45) is 3.32. The molecule has 1 amide bonds. The van der Waals surface area contributed by atoms with Crippen LogP contribution in [-0.4, -0.2) is 40.1 Å². The van der Waals surface area contributed by atoms with Crippen LogP contribution in [0, 0.1) is 0 Å². The quantitative estimate of drug-likeness (QED) is 0.860. The van der Waals surface area contributed by atoms with Gasteiger partial charge in [-0.25, -0.2) is 4.98 Å². The van der Waals surface area contributed by atoms with Crippen LogP contribution in [0.15, 0.2) is 5.38 Å². The van der Waals surface area contributed by atoms with Crippen molar-refractivity contribution in [1.82, 2.24) is 9.88 Å². The van der Waals surface area contributed by atoms with E-state index in [9.17, 15) is 9.90 Å². The second-order valence-electron chi connectivity index (χ2n) is 4.46. The molecule has 6 heteroatoms. The number of piperidine rings is 1. The average molecular weight is 289 g/mol. The smallest absolute Gasteiger partial charge is 0.229 e. The summed E-state index contributed by atoms with van der Waals surface area (Å²) in [4.78, 5) is 18.3. The number of halogens is 1. The number of hydrogen-bond acceptors (Lipinski definition) is 4. The zero-order valence-electron chi connectivity index (χ0n) is 10.1. The summed E-state index contributed by atoms with van der Waals surface area (Å²) in [7, 11) is 0. The Kier molecular flexibility index (Phi) is 4.97. The molecule has 0 spiro atoms. The number of likely N-dealkylation sites (tertiary alicyclic amines) is 1. The van der Waals surface area contributed by atoms with Crippen molar-refractivity contribution in [1.29, 1.82) is 0 Å². The maximum atomic E-state index is 12.2. The first kappa shape index (κ1) is 13.8. The van der Waals surface area contributed by atoms with Gasteiger partial charge in [-0.3, -0.25) is 4.79 Å². The van der Waals surface area contributed by atoms with E-state index in [4.69, 9.17) is 11.6 Å². The largest absolute Gasteiger partial charge is 0.394 e. The van der Waals surface area contributed by atoms with E-state index in [0.717, 1.165) is 36.5 Å². The fraction of sp³-hybridized carbons (Fsp3) is 0.667. The molecule has 0 aliphatic carbocycles. The molecule has 1 aliphatic heterocycles. The molecule has 1 saturated heterocycles. The van der Waals surface area contributed by atoms with Gasteiger partial charge in [0.25, 0.3) is 0 Å². The Morgan fingerprint density at radius 2 is 2.44 bits per heavy atom. The summed E-state index contributed by atoms with van der Waals surface area (Å²) >= 11 is 7.16. The monoisotopic (exact) mass is 288 g/mol. The number of nitrogens with zero attached hydrogens (tertiary/aromatic N) is 2. The van der Waals surface area contributed by atoms with Gasteiger partial charge in [-0.1, -0.05) is 0 Å². The molecule has 100 valence electrons. The van der Waals surface area contributed by atoms with Gasteiger partial charge in [-0.2, -0.15) is 0 Å². The van der Waals surface area contributed by atoms with Gasteiger partial charge in [0.2, 0.25) is 5.91 Å². The molecule has 1 fully saturated rings. The molecule has 0 bridgehead atoms. The number of hydrogen-bond donors (Lipinski definition) is 1. The Labute approximate surface area is 116 Å². The molecular formula is C12H17ClN2O2S. The van der Waals surface area contributed by atoms with Crippen molar-refractivity contribution in [2.24, 2.45) is 0 Å². The van der Waals surface area contributed by atoms with Crippen molar-refractivity contribution < 1.29 is 9.90 Å². The maximum Gasteiger partial charge on any atom is 0.229 e. The Balaban J connectivity index is 1.97. The van der Waals surface area contributed by atoms with E-state index in [2.05, 4.69) is 4.98 Å². The van der Waals surface area contributed by atoms with Gasteiger partial charge in [-0.05, 0) is 19.3 Å². The van der Waals surface area contributed by atoms with Gasteiger partial charge in [0, 0.05) is 11.9 Å². The van der Waals surface area contributed by atoms with Crippen molar-refractivity contribution in [2.45, 2.75) is 37.6 Å². The van der Waals surface area contributed by atoms with Crippen molar-refractivity contribution in [3.63, 3.8) is 0 Å².